The maximum atomic E-state index is 12.3. The van der Waals surface area contributed by atoms with Crippen molar-refractivity contribution >= 4 is 5.91 Å². The van der Waals surface area contributed by atoms with Gasteiger partial charge in [0.2, 0.25) is 5.91 Å². The van der Waals surface area contributed by atoms with Crippen LogP contribution in [0.5, 0.6) is 5.75 Å². The Morgan fingerprint density at radius 3 is 2.62 bits per heavy atom. The zero-order chi connectivity index (χ0) is 20.6. The first-order chi connectivity index (χ1) is 14.0. The van der Waals surface area contributed by atoms with Gasteiger partial charge in [0, 0.05) is 31.5 Å². The third-order valence-corrected chi connectivity index (χ3v) is 5.07. The van der Waals surface area contributed by atoms with E-state index >= 15 is 0 Å². The van der Waals surface area contributed by atoms with Gasteiger partial charge in [0.15, 0.2) is 5.82 Å². The van der Waals surface area contributed by atoms with Crippen LogP contribution in [0, 0.1) is 5.92 Å². The Morgan fingerprint density at radius 2 is 2.00 bits per heavy atom. The summed E-state index contributed by atoms with van der Waals surface area (Å²) < 4.78 is 5.79. The van der Waals surface area contributed by atoms with Gasteiger partial charge >= 0.3 is 0 Å². The fourth-order valence-electron chi connectivity index (χ4n) is 2.98. The smallest absolute Gasteiger partial charge is 0.273 e. The van der Waals surface area contributed by atoms with Gasteiger partial charge in [0.25, 0.3) is 5.56 Å². The van der Waals surface area contributed by atoms with Gasteiger partial charge in [0.05, 0.1) is 6.61 Å². The Kier molecular flexibility index (Phi) is 7.35. The number of amides is 1. The Hall–Kier alpha value is -2.74. The fourth-order valence-corrected chi connectivity index (χ4v) is 2.98. The molecule has 1 fully saturated rings. The number of nitrogens with one attached hydrogen (secondary N) is 2. The lowest BCUT2D eigenvalue weighted by atomic mass is 9.86. The lowest BCUT2D eigenvalue weighted by Gasteiger charge is -2.25. The van der Waals surface area contributed by atoms with Crippen molar-refractivity contribution in [3.05, 3.63) is 40.3 Å². The molecule has 2 aromatic rings. The molecular formula is C21H29N5O3. The zero-order valence-corrected chi connectivity index (χ0v) is 17.1. The van der Waals surface area contributed by atoms with E-state index in [1.165, 1.54) is 19.3 Å². The molecule has 0 unspecified atom stereocenters. The number of carbonyl (C=O) groups excluding carboxylic acids is 1. The quantitative estimate of drug-likeness (QED) is 0.630. The van der Waals surface area contributed by atoms with E-state index in [0.717, 1.165) is 24.5 Å². The number of likely N-dealkylation sites (N-methyl/N-ethyl adjacent to an activating group) is 1. The van der Waals surface area contributed by atoms with E-state index in [-0.39, 0.29) is 30.0 Å². The maximum Gasteiger partial charge on any atom is 0.273 e. The predicted octanol–water partition coefficient (Wildman–Crippen LogP) is 1.62. The van der Waals surface area contributed by atoms with Gasteiger partial charge in [0.1, 0.15) is 11.4 Å². The van der Waals surface area contributed by atoms with E-state index in [0.29, 0.717) is 18.3 Å². The topological polar surface area (TPSA) is 100 Å². The summed E-state index contributed by atoms with van der Waals surface area (Å²) in [6, 6.07) is 7.46. The molecule has 1 amide bonds. The summed E-state index contributed by atoms with van der Waals surface area (Å²) in [4.78, 5) is 28.9. The highest BCUT2D eigenvalue weighted by atomic mass is 16.5. The first kappa shape index (κ1) is 21.0. The molecule has 156 valence electrons. The minimum atomic E-state index is -0.318. The molecule has 1 heterocycles. The third-order valence-electron chi connectivity index (χ3n) is 5.07. The molecule has 0 atom stereocenters. The van der Waals surface area contributed by atoms with Gasteiger partial charge in [-0.2, -0.15) is 0 Å². The highest BCUT2D eigenvalue weighted by Crippen LogP contribution is 2.27. The van der Waals surface area contributed by atoms with Gasteiger partial charge in [-0.25, -0.2) is 0 Å². The van der Waals surface area contributed by atoms with E-state index < -0.39 is 0 Å². The maximum absolute atomic E-state index is 12.3. The second kappa shape index (κ2) is 10.2. The molecule has 8 nitrogen and oxygen atoms in total. The van der Waals surface area contributed by atoms with E-state index in [1.807, 2.05) is 43.3 Å². The molecule has 1 aliphatic rings. The molecule has 8 heteroatoms. The monoisotopic (exact) mass is 399 g/mol. The number of ether oxygens (including phenoxy) is 1. The number of rotatable bonds is 10. The molecule has 0 radical (unpaired) electrons. The summed E-state index contributed by atoms with van der Waals surface area (Å²) in [6.45, 7) is 2.10. The van der Waals surface area contributed by atoms with Crippen LogP contribution in [-0.4, -0.2) is 59.8 Å². The number of H-pyrrole nitrogens is 1. The number of carbonyl (C=O) groups is 1. The molecule has 1 saturated carbocycles. The van der Waals surface area contributed by atoms with Gasteiger partial charge < -0.3 is 19.9 Å². The van der Waals surface area contributed by atoms with Gasteiger partial charge in [-0.3, -0.25) is 9.59 Å². The van der Waals surface area contributed by atoms with E-state index in [2.05, 4.69) is 20.5 Å². The summed E-state index contributed by atoms with van der Waals surface area (Å²) in [6.07, 6.45) is 4.26. The van der Waals surface area contributed by atoms with Gasteiger partial charge in [-0.1, -0.05) is 6.42 Å². The number of nitrogens with zero attached hydrogens (tertiary/aromatic N) is 3. The van der Waals surface area contributed by atoms with Crippen LogP contribution in [0.2, 0.25) is 0 Å². The summed E-state index contributed by atoms with van der Waals surface area (Å²) in [5, 5.41) is 11.0. The molecule has 0 aliphatic heterocycles. The van der Waals surface area contributed by atoms with Crippen molar-refractivity contribution in [1.29, 1.82) is 0 Å². The lowest BCUT2D eigenvalue weighted by molar-refractivity contribution is -0.121. The molecule has 0 saturated heterocycles. The molecule has 0 bridgehead atoms. The van der Waals surface area contributed by atoms with Crippen LogP contribution in [0.4, 0.5) is 0 Å². The zero-order valence-electron chi connectivity index (χ0n) is 17.1. The van der Waals surface area contributed by atoms with Crippen LogP contribution < -0.4 is 15.6 Å². The molecular weight excluding hydrogens is 370 g/mol. The summed E-state index contributed by atoms with van der Waals surface area (Å²) in [5.41, 5.74) is 0.705. The lowest BCUT2D eigenvalue weighted by Crippen LogP contribution is -2.32. The Bertz CT molecular complexity index is 859. The second-order valence-electron chi connectivity index (χ2n) is 7.73. The van der Waals surface area contributed by atoms with Crippen LogP contribution in [-0.2, 0) is 11.2 Å². The third kappa shape index (κ3) is 6.39. The normalized spacial score (nSPS) is 13.9. The number of aromatic nitrogens is 3. The van der Waals surface area contributed by atoms with E-state index in [9.17, 15) is 9.59 Å². The number of hydrogen-bond acceptors (Lipinski definition) is 6. The SMILES string of the molecule is CN(C)CCNC(=O)CCc1nnc(-c2ccc(OCC3CCC3)cc2)[nH]c1=O. The largest absolute Gasteiger partial charge is 0.493 e. The minimum absolute atomic E-state index is 0.102. The van der Waals surface area contributed by atoms with Crippen LogP contribution in [0.25, 0.3) is 11.4 Å². The minimum Gasteiger partial charge on any atom is -0.493 e. The van der Waals surface area contributed by atoms with Crippen molar-refractivity contribution in [2.24, 2.45) is 5.92 Å². The fraction of sp³-hybridized carbons (Fsp3) is 0.524. The average molecular weight is 399 g/mol. The highest BCUT2D eigenvalue weighted by molar-refractivity contribution is 5.76. The highest BCUT2D eigenvalue weighted by Gasteiger charge is 2.17. The molecule has 1 aromatic carbocycles. The summed E-state index contributed by atoms with van der Waals surface area (Å²) >= 11 is 0. The number of hydrogen-bond donors (Lipinski definition) is 2. The molecule has 1 aromatic heterocycles. The Balaban J connectivity index is 1.52. The van der Waals surface area contributed by atoms with Crippen LogP contribution in [0.15, 0.2) is 29.1 Å². The molecule has 2 N–H and O–H groups in total. The first-order valence-electron chi connectivity index (χ1n) is 10.1. The molecule has 3 rings (SSSR count). The van der Waals surface area contributed by atoms with E-state index in [1.54, 1.807) is 0 Å². The van der Waals surface area contributed by atoms with Crippen LogP contribution in [0.3, 0.4) is 0 Å². The Morgan fingerprint density at radius 1 is 1.24 bits per heavy atom. The molecule has 0 spiro atoms. The number of aromatic amines is 1. The molecule has 29 heavy (non-hydrogen) atoms. The number of aryl methyl sites for hydroxylation is 1. The van der Waals surface area contributed by atoms with Crippen molar-refractivity contribution in [3.63, 3.8) is 0 Å². The number of benzene rings is 1. The van der Waals surface area contributed by atoms with Crippen LogP contribution in [0.1, 0.15) is 31.4 Å². The van der Waals surface area contributed by atoms with Crippen molar-refractivity contribution in [2.45, 2.75) is 32.1 Å². The first-order valence-corrected chi connectivity index (χ1v) is 10.1. The van der Waals surface area contributed by atoms with Gasteiger partial charge in [-0.15, -0.1) is 10.2 Å². The van der Waals surface area contributed by atoms with Crippen molar-refractivity contribution in [1.82, 2.24) is 25.4 Å². The van der Waals surface area contributed by atoms with Crippen LogP contribution >= 0.6 is 0 Å². The Labute approximate surface area is 170 Å². The predicted molar refractivity (Wildman–Crippen MR) is 111 cm³/mol. The standard InChI is InChI=1S/C21H29N5O3/c1-26(2)13-12-22-19(27)11-10-18-21(28)23-20(25-24-18)16-6-8-17(9-7-16)29-14-15-4-3-5-15/h6-9,15H,3-5,10-14H2,1-2H3,(H,22,27)(H,23,25,28). The summed E-state index contributed by atoms with van der Waals surface area (Å²) in [5.74, 6) is 1.79. The second-order valence-corrected chi connectivity index (χ2v) is 7.73. The van der Waals surface area contributed by atoms with Crippen molar-refractivity contribution < 1.29 is 9.53 Å². The van der Waals surface area contributed by atoms with Crippen molar-refractivity contribution in [3.8, 4) is 17.1 Å². The average Bonchev–Trinajstić information content (AvgIpc) is 2.66. The summed E-state index contributed by atoms with van der Waals surface area (Å²) in [7, 11) is 3.89. The van der Waals surface area contributed by atoms with Crippen molar-refractivity contribution in [2.75, 3.05) is 33.8 Å². The van der Waals surface area contributed by atoms with E-state index in [4.69, 9.17) is 4.74 Å². The molecule has 1 aliphatic carbocycles. The van der Waals surface area contributed by atoms with Gasteiger partial charge in [-0.05, 0) is 57.1 Å².